The molecule has 0 aliphatic heterocycles. The van der Waals surface area contributed by atoms with Crippen molar-refractivity contribution in [1.82, 2.24) is 10.6 Å². The molecule has 0 radical (unpaired) electrons. The lowest BCUT2D eigenvalue weighted by Crippen LogP contribution is -2.39. The van der Waals surface area contributed by atoms with Crippen molar-refractivity contribution in [3.8, 4) is 5.75 Å². The molecule has 6 heteroatoms. The van der Waals surface area contributed by atoms with Crippen LogP contribution < -0.4 is 15.4 Å². The summed E-state index contributed by atoms with van der Waals surface area (Å²) in [6, 6.07) is 14.0. The Hall–Kier alpha value is -2.57. The molecule has 1 unspecified atom stereocenters. The summed E-state index contributed by atoms with van der Waals surface area (Å²) < 4.78 is 10.9. The van der Waals surface area contributed by atoms with Crippen LogP contribution in [-0.2, 0) is 11.3 Å². The number of benzene rings is 2. The minimum absolute atomic E-state index is 0.375. The van der Waals surface area contributed by atoms with Gasteiger partial charge in [0.15, 0.2) is 5.96 Å². The summed E-state index contributed by atoms with van der Waals surface area (Å²) in [5, 5.41) is 16.9. The lowest BCUT2D eigenvalue weighted by Gasteiger charge is -2.16. The number of hydrogen-bond acceptors (Lipinski definition) is 4. The van der Waals surface area contributed by atoms with Gasteiger partial charge in [-0.1, -0.05) is 42.0 Å². The average Bonchev–Trinajstić information content (AvgIpc) is 2.71. The Balaban J connectivity index is 2.02. The highest BCUT2D eigenvalue weighted by atomic mass is 16.5. The Morgan fingerprint density at radius 3 is 2.45 bits per heavy atom. The highest BCUT2D eigenvalue weighted by molar-refractivity contribution is 5.79. The first-order valence-electron chi connectivity index (χ1n) is 10.0. The zero-order valence-electron chi connectivity index (χ0n) is 17.9. The summed E-state index contributed by atoms with van der Waals surface area (Å²) in [7, 11) is 1.66. The number of aliphatic imine (C=N–C) groups is 1. The minimum Gasteiger partial charge on any atom is -0.491 e. The van der Waals surface area contributed by atoms with E-state index < -0.39 is 6.10 Å². The van der Waals surface area contributed by atoms with Crippen molar-refractivity contribution < 1.29 is 14.6 Å². The number of guanidine groups is 1. The molecule has 0 aromatic heterocycles. The lowest BCUT2D eigenvalue weighted by atomic mass is 10.1. The third-order valence-electron chi connectivity index (χ3n) is 4.44. The van der Waals surface area contributed by atoms with Crippen molar-refractivity contribution in [3.63, 3.8) is 0 Å². The van der Waals surface area contributed by atoms with Gasteiger partial charge in [0.05, 0.1) is 19.3 Å². The van der Waals surface area contributed by atoms with Crippen molar-refractivity contribution in [2.75, 3.05) is 33.4 Å². The molecule has 0 spiro atoms. The van der Waals surface area contributed by atoms with E-state index in [9.17, 15) is 5.11 Å². The van der Waals surface area contributed by atoms with E-state index in [1.807, 2.05) is 57.2 Å². The summed E-state index contributed by atoms with van der Waals surface area (Å²) in [5.74, 6) is 1.48. The van der Waals surface area contributed by atoms with Gasteiger partial charge < -0.3 is 25.2 Å². The van der Waals surface area contributed by atoms with E-state index in [1.165, 1.54) is 5.56 Å². The van der Waals surface area contributed by atoms with E-state index in [4.69, 9.17) is 9.47 Å². The van der Waals surface area contributed by atoms with Crippen molar-refractivity contribution in [1.29, 1.82) is 0 Å². The van der Waals surface area contributed by atoms with Gasteiger partial charge in [0.1, 0.15) is 12.4 Å². The highest BCUT2D eigenvalue weighted by Gasteiger charge is 2.09. The molecule has 2 aromatic rings. The molecule has 0 saturated heterocycles. The van der Waals surface area contributed by atoms with Gasteiger partial charge in [0.25, 0.3) is 0 Å². The minimum atomic E-state index is -0.605. The van der Waals surface area contributed by atoms with E-state index in [-0.39, 0.29) is 0 Å². The maximum atomic E-state index is 10.4. The largest absolute Gasteiger partial charge is 0.491 e. The van der Waals surface area contributed by atoms with Crippen LogP contribution in [0.1, 0.15) is 35.3 Å². The third-order valence-corrected chi connectivity index (χ3v) is 4.44. The molecule has 0 heterocycles. The fourth-order valence-corrected chi connectivity index (χ4v) is 2.77. The van der Waals surface area contributed by atoms with Crippen LogP contribution in [0.3, 0.4) is 0 Å². The van der Waals surface area contributed by atoms with Gasteiger partial charge in [0.2, 0.25) is 0 Å². The number of rotatable bonds is 10. The molecule has 158 valence electrons. The van der Waals surface area contributed by atoms with Crippen molar-refractivity contribution in [3.05, 3.63) is 64.7 Å². The predicted molar refractivity (Wildman–Crippen MR) is 118 cm³/mol. The lowest BCUT2D eigenvalue weighted by molar-refractivity contribution is 0.145. The SMILES string of the molecule is CCNC(=NCc1ccc(C)cc1OCCOC)NCC(O)c1ccc(C)cc1. The van der Waals surface area contributed by atoms with Crippen LogP contribution in [0.5, 0.6) is 5.75 Å². The van der Waals surface area contributed by atoms with Crippen LogP contribution in [0.25, 0.3) is 0 Å². The molecule has 0 aliphatic rings. The average molecular weight is 400 g/mol. The van der Waals surface area contributed by atoms with Gasteiger partial charge in [-0.25, -0.2) is 4.99 Å². The van der Waals surface area contributed by atoms with Gasteiger partial charge in [-0.05, 0) is 38.0 Å². The number of aliphatic hydroxyl groups excluding tert-OH is 1. The molecule has 1 atom stereocenters. The summed E-state index contributed by atoms with van der Waals surface area (Å²) in [6.45, 7) is 8.70. The van der Waals surface area contributed by atoms with Gasteiger partial charge in [-0.3, -0.25) is 0 Å². The van der Waals surface area contributed by atoms with Gasteiger partial charge >= 0.3 is 0 Å². The Bertz CT molecular complexity index is 775. The summed E-state index contributed by atoms with van der Waals surface area (Å²) in [6.07, 6.45) is -0.605. The van der Waals surface area contributed by atoms with Crippen molar-refractivity contribution >= 4 is 5.96 Å². The van der Waals surface area contributed by atoms with E-state index in [0.717, 1.165) is 29.0 Å². The second kappa shape index (κ2) is 12.1. The third kappa shape index (κ3) is 7.75. The molecule has 0 saturated carbocycles. The molecule has 3 N–H and O–H groups in total. The predicted octanol–water partition coefficient (Wildman–Crippen LogP) is 3.12. The molecule has 2 aromatic carbocycles. The number of ether oxygens (including phenoxy) is 2. The molecular formula is C23H33N3O3. The van der Waals surface area contributed by atoms with Gasteiger partial charge in [-0.2, -0.15) is 0 Å². The molecule has 0 aliphatic carbocycles. The van der Waals surface area contributed by atoms with E-state index >= 15 is 0 Å². The number of methoxy groups -OCH3 is 1. The second-order valence-corrected chi connectivity index (χ2v) is 6.95. The Morgan fingerprint density at radius 1 is 1.03 bits per heavy atom. The summed E-state index contributed by atoms with van der Waals surface area (Å²) in [4.78, 5) is 4.65. The summed E-state index contributed by atoms with van der Waals surface area (Å²) in [5.41, 5.74) is 4.19. The second-order valence-electron chi connectivity index (χ2n) is 6.95. The van der Waals surface area contributed by atoms with Crippen LogP contribution in [0.4, 0.5) is 0 Å². The van der Waals surface area contributed by atoms with Crippen LogP contribution in [0.2, 0.25) is 0 Å². The zero-order valence-corrected chi connectivity index (χ0v) is 17.9. The number of nitrogens with one attached hydrogen (secondary N) is 2. The van der Waals surface area contributed by atoms with E-state index in [0.29, 0.717) is 32.3 Å². The maximum absolute atomic E-state index is 10.4. The van der Waals surface area contributed by atoms with Crippen molar-refractivity contribution in [2.24, 2.45) is 4.99 Å². The highest BCUT2D eigenvalue weighted by Crippen LogP contribution is 2.21. The number of aliphatic hydroxyl groups is 1. The first-order chi connectivity index (χ1) is 14.0. The van der Waals surface area contributed by atoms with Gasteiger partial charge in [-0.15, -0.1) is 0 Å². The Kier molecular flexibility index (Phi) is 9.47. The topological polar surface area (TPSA) is 75.1 Å². The summed E-state index contributed by atoms with van der Waals surface area (Å²) >= 11 is 0. The molecule has 6 nitrogen and oxygen atoms in total. The van der Waals surface area contributed by atoms with E-state index in [1.54, 1.807) is 7.11 Å². The van der Waals surface area contributed by atoms with Crippen molar-refractivity contribution in [2.45, 2.75) is 33.4 Å². The standard InChI is InChI=1S/C23H33N3O3/c1-5-24-23(26-16-21(27)19-9-6-17(2)7-10-19)25-15-20-11-8-18(3)14-22(20)29-13-12-28-4/h6-11,14,21,27H,5,12-13,15-16H2,1-4H3,(H2,24,25,26). The zero-order chi connectivity index (χ0) is 21.1. The molecule has 0 fully saturated rings. The molecular weight excluding hydrogens is 366 g/mol. The quantitative estimate of drug-likeness (QED) is 0.325. The number of aryl methyl sites for hydroxylation is 2. The fourth-order valence-electron chi connectivity index (χ4n) is 2.77. The van der Waals surface area contributed by atoms with Crippen LogP contribution in [-0.4, -0.2) is 44.5 Å². The molecule has 0 bridgehead atoms. The molecule has 29 heavy (non-hydrogen) atoms. The first kappa shape index (κ1) is 22.7. The van der Waals surface area contributed by atoms with Crippen LogP contribution in [0, 0.1) is 13.8 Å². The monoisotopic (exact) mass is 399 g/mol. The number of hydrogen-bond donors (Lipinski definition) is 3. The fraction of sp³-hybridized carbons (Fsp3) is 0.435. The normalized spacial score (nSPS) is 12.5. The smallest absolute Gasteiger partial charge is 0.191 e. The number of nitrogens with zero attached hydrogens (tertiary/aromatic N) is 1. The molecule has 0 amide bonds. The van der Waals surface area contributed by atoms with Crippen LogP contribution in [0.15, 0.2) is 47.5 Å². The Labute approximate surface area is 174 Å². The van der Waals surface area contributed by atoms with Crippen LogP contribution >= 0.6 is 0 Å². The van der Waals surface area contributed by atoms with Gasteiger partial charge in [0, 0.05) is 25.8 Å². The Morgan fingerprint density at radius 2 is 1.76 bits per heavy atom. The molecule has 2 rings (SSSR count). The van der Waals surface area contributed by atoms with E-state index in [2.05, 4.69) is 21.7 Å². The maximum Gasteiger partial charge on any atom is 0.191 e. The first-order valence-corrected chi connectivity index (χ1v) is 10.0.